The van der Waals surface area contributed by atoms with Crippen LogP contribution in [0.25, 0.3) is 0 Å². The van der Waals surface area contributed by atoms with Gasteiger partial charge in [-0.25, -0.2) is 0 Å². The van der Waals surface area contributed by atoms with E-state index in [1.54, 1.807) is 6.92 Å². The van der Waals surface area contributed by atoms with E-state index in [4.69, 9.17) is 0 Å². The van der Waals surface area contributed by atoms with Crippen molar-refractivity contribution in [2.75, 3.05) is 6.54 Å². The lowest BCUT2D eigenvalue weighted by Gasteiger charge is -2.30. The lowest BCUT2D eigenvalue weighted by Crippen LogP contribution is -2.40. The number of ketones is 1. The first-order valence-corrected chi connectivity index (χ1v) is 6.67. The summed E-state index contributed by atoms with van der Waals surface area (Å²) in [6.45, 7) is 3.95. The van der Waals surface area contributed by atoms with E-state index in [2.05, 4.69) is 23.5 Å². The second-order valence-electron chi connectivity index (χ2n) is 5.07. The molecule has 0 aliphatic carbocycles. The predicted molar refractivity (Wildman–Crippen MR) is 65.7 cm³/mol. The van der Waals surface area contributed by atoms with E-state index in [1.165, 1.54) is 0 Å². The second kappa shape index (κ2) is 7.14. The fourth-order valence-electron chi connectivity index (χ4n) is 2.65. The van der Waals surface area contributed by atoms with Crippen molar-refractivity contribution in [3.63, 3.8) is 0 Å². The van der Waals surface area contributed by atoms with Crippen LogP contribution in [0.5, 0.6) is 0 Å². The molecule has 1 aliphatic heterocycles. The summed E-state index contributed by atoms with van der Waals surface area (Å²) in [5, 5.41) is 0. The molecule has 0 N–H and O–H groups in total. The van der Waals surface area contributed by atoms with Crippen LogP contribution in [0.1, 0.15) is 46.5 Å². The van der Waals surface area contributed by atoms with Crippen LogP contribution in [0.3, 0.4) is 0 Å². The third kappa shape index (κ3) is 4.28. The first-order valence-electron chi connectivity index (χ1n) is 6.67. The Hall–Kier alpha value is -0.550. The Morgan fingerprint density at radius 2 is 2.11 bits per heavy atom. The SMILES string of the molecule is CCC(=O)[C@H](C[C@@H]1CCCN1C(C)C)OC(F)F. The molecule has 0 aromatic rings. The number of likely N-dealkylation sites (tertiary alicyclic amines) is 1. The summed E-state index contributed by atoms with van der Waals surface area (Å²) in [6.07, 6.45) is 1.68. The molecule has 106 valence electrons. The molecule has 0 spiro atoms. The van der Waals surface area contributed by atoms with Crippen LogP contribution in [0.4, 0.5) is 8.78 Å². The molecule has 0 radical (unpaired) electrons. The van der Waals surface area contributed by atoms with E-state index >= 15 is 0 Å². The van der Waals surface area contributed by atoms with Gasteiger partial charge in [0.25, 0.3) is 0 Å². The van der Waals surface area contributed by atoms with Crippen LogP contribution in [-0.4, -0.2) is 42.0 Å². The molecular formula is C13H23F2NO2. The molecule has 0 aromatic heterocycles. The quantitative estimate of drug-likeness (QED) is 0.707. The van der Waals surface area contributed by atoms with E-state index in [-0.39, 0.29) is 18.2 Å². The molecule has 0 aromatic carbocycles. The molecule has 1 rings (SSSR count). The Morgan fingerprint density at radius 3 is 2.61 bits per heavy atom. The van der Waals surface area contributed by atoms with E-state index in [0.29, 0.717) is 12.5 Å². The number of Topliss-reactive ketones (excluding diaryl/α,β-unsaturated/α-hetero) is 1. The van der Waals surface area contributed by atoms with E-state index in [1.807, 2.05) is 0 Å². The molecule has 0 amide bonds. The van der Waals surface area contributed by atoms with Crippen molar-refractivity contribution in [1.29, 1.82) is 0 Å². The molecule has 1 saturated heterocycles. The molecule has 0 saturated carbocycles. The summed E-state index contributed by atoms with van der Waals surface area (Å²) in [4.78, 5) is 13.9. The highest BCUT2D eigenvalue weighted by molar-refractivity contribution is 5.82. The van der Waals surface area contributed by atoms with Crippen LogP contribution in [0.2, 0.25) is 0 Å². The van der Waals surface area contributed by atoms with Gasteiger partial charge in [0, 0.05) is 18.5 Å². The third-order valence-corrected chi connectivity index (χ3v) is 3.55. The van der Waals surface area contributed by atoms with Crippen molar-refractivity contribution in [3.05, 3.63) is 0 Å². The van der Waals surface area contributed by atoms with Crippen LogP contribution in [0.15, 0.2) is 0 Å². The lowest BCUT2D eigenvalue weighted by atomic mass is 10.0. The van der Waals surface area contributed by atoms with Crippen LogP contribution < -0.4 is 0 Å². The topological polar surface area (TPSA) is 29.5 Å². The Balaban J connectivity index is 2.61. The van der Waals surface area contributed by atoms with Crippen LogP contribution in [-0.2, 0) is 9.53 Å². The molecule has 1 aliphatic rings. The van der Waals surface area contributed by atoms with Gasteiger partial charge in [-0.2, -0.15) is 8.78 Å². The lowest BCUT2D eigenvalue weighted by molar-refractivity contribution is -0.177. The second-order valence-corrected chi connectivity index (χ2v) is 5.07. The van der Waals surface area contributed by atoms with Gasteiger partial charge in [-0.05, 0) is 39.7 Å². The molecule has 18 heavy (non-hydrogen) atoms. The summed E-state index contributed by atoms with van der Waals surface area (Å²) in [5.74, 6) is -0.231. The average Bonchev–Trinajstić information content (AvgIpc) is 2.74. The highest BCUT2D eigenvalue weighted by Gasteiger charge is 2.32. The summed E-state index contributed by atoms with van der Waals surface area (Å²) < 4.78 is 29.1. The van der Waals surface area contributed by atoms with Gasteiger partial charge in [0.15, 0.2) is 5.78 Å². The molecule has 0 bridgehead atoms. The Morgan fingerprint density at radius 1 is 1.44 bits per heavy atom. The number of alkyl halides is 2. The number of rotatable bonds is 7. The minimum absolute atomic E-state index is 0.184. The van der Waals surface area contributed by atoms with Crippen molar-refractivity contribution in [3.8, 4) is 0 Å². The zero-order valence-corrected chi connectivity index (χ0v) is 11.4. The minimum atomic E-state index is -2.88. The number of hydrogen-bond donors (Lipinski definition) is 0. The van der Waals surface area contributed by atoms with E-state index in [0.717, 1.165) is 19.4 Å². The number of carbonyl (C=O) groups excluding carboxylic acids is 1. The van der Waals surface area contributed by atoms with Crippen LogP contribution in [0, 0.1) is 0 Å². The summed E-state index contributed by atoms with van der Waals surface area (Å²) in [7, 11) is 0. The number of hydrogen-bond acceptors (Lipinski definition) is 3. The number of ether oxygens (including phenoxy) is 1. The van der Waals surface area contributed by atoms with Crippen molar-refractivity contribution >= 4 is 5.78 Å². The number of carbonyl (C=O) groups is 1. The largest absolute Gasteiger partial charge is 0.345 e. The van der Waals surface area contributed by atoms with Gasteiger partial charge in [-0.3, -0.25) is 9.69 Å². The standard InChI is InChI=1S/C13H23F2NO2/c1-4-11(17)12(18-13(14)15)8-10-6-5-7-16(10)9(2)3/h9-10,12-13H,4-8H2,1-3H3/t10-,12-/m0/s1. The normalized spacial score (nSPS) is 22.9. The van der Waals surface area contributed by atoms with Gasteiger partial charge in [0.1, 0.15) is 6.10 Å². The van der Waals surface area contributed by atoms with Gasteiger partial charge in [0.2, 0.25) is 0 Å². The summed E-state index contributed by atoms with van der Waals surface area (Å²) >= 11 is 0. The zero-order valence-electron chi connectivity index (χ0n) is 11.4. The zero-order chi connectivity index (χ0) is 13.7. The van der Waals surface area contributed by atoms with Gasteiger partial charge in [-0.1, -0.05) is 6.92 Å². The van der Waals surface area contributed by atoms with Crippen molar-refractivity contribution in [2.45, 2.75) is 71.3 Å². The van der Waals surface area contributed by atoms with E-state index in [9.17, 15) is 13.6 Å². The maximum absolute atomic E-state index is 12.3. The fourth-order valence-corrected chi connectivity index (χ4v) is 2.65. The monoisotopic (exact) mass is 263 g/mol. The van der Waals surface area contributed by atoms with E-state index < -0.39 is 12.7 Å². The predicted octanol–water partition coefficient (Wildman–Crippen LogP) is 2.84. The van der Waals surface area contributed by atoms with Gasteiger partial charge < -0.3 is 4.74 Å². The van der Waals surface area contributed by atoms with Crippen LogP contribution >= 0.6 is 0 Å². The maximum Gasteiger partial charge on any atom is 0.345 e. The average molecular weight is 263 g/mol. The van der Waals surface area contributed by atoms with Crippen molar-refractivity contribution < 1.29 is 18.3 Å². The molecule has 0 unspecified atom stereocenters. The molecule has 1 heterocycles. The Labute approximate surface area is 107 Å². The van der Waals surface area contributed by atoms with Crippen molar-refractivity contribution in [1.82, 2.24) is 4.90 Å². The summed E-state index contributed by atoms with van der Waals surface area (Å²) in [5.41, 5.74) is 0. The first kappa shape index (κ1) is 15.5. The molecular weight excluding hydrogens is 240 g/mol. The highest BCUT2D eigenvalue weighted by atomic mass is 19.3. The Kier molecular flexibility index (Phi) is 6.15. The maximum atomic E-state index is 12.3. The van der Waals surface area contributed by atoms with Gasteiger partial charge in [-0.15, -0.1) is 0 Å². The summed E-state index contributed by atoms with van der Waals surface area (Å²) in [6, 6.07) is 0.561. The first-order chi connectivity index (χ1) is 8.45. The van der Waals surface area contributed by atoms with Crippen molar-refractivity contribution in [2.24, 2.45) is 0 Å². The number of nitrogens with zero attached hydrogens (tertiary/aromatic N) is 1. The Bertz CT molecular complexity index is 272. The molecule has 1 fully saturated rings. The third-order valence-electron chi connectivity index (χ3n) is 3.55. The molecule has 5 heteroatoms. The fraction of sp³-hybridized carbons (Fsp3) is 0.923. The highest BCUT2D eigenvalue weighted by Crippen LogP contribution is 2.25. The number of halogens is 2. The molecule has 2 atom stereocenters. The smallest absolute Gasteiger partial charge is 0.312 e. The van der Waals surface area contributed by atoms with Gasteiger partial charge in [0.05, 0.1) is 0 Å². The van der Waals surface area contributed by atoms with Gasteiger partial charge >= 0.3 is 6.61 Å². The molecule has 3 nitrogen and oxygen atoms in total. The minimum Gasteiger partial charge on any atom is -0.312 e.